The minimum absolute atomic E-state index is 0.0376. The van der Waals surface area contributed by atoms with Crippen LogP contribution in [0.5, 0.6) is 0 Å². The highest BCUT2D eigenvalue weighted by molar-refractivity contribution is 5.79. The largest absolute Gasteiger partial charge is 0.353 e. The molecule has 3 amide bonds. The van der Waals surface area contributed by atoms with Crippen molar-refractivity contribution in [2.24, 2.45) is 23.3 Å². The molecule has 6 nitrogen and oxygen atoms in total. The molecule has 3 rings (SSSR count). The number of amides is 3. The SMILES string of the molecule is Cc1ccccc1C(CC(=O)NC1C2CCCC1CC(N)C2)NC(N)=O. The summed E-state index contributed by atoms with van der Waals surface area (Å²) >= 11 is 0. The van der Waals surface area contributed by atoms with Crippen molar-refractivity contribution < 1.29 is 9.59 Å². The van der Waals surface area contributed by atoms with Gasteiger partial charge in [-0.1, -0.05) is 30.7 Å². The van der Waals surface area contributed by atoms with Crippen LogP contribution in [0.4, 0.5) is 4.79 Å². The van der Waals surface area contributed by atoms with Crippen LogP contribution in [0.3, 0.4) is 0 Å². The van der Waals surface area contributed by atoms with Gasteiger partial charge >= 0.3 is 6.03 Å². The van der Waals surface area contributed by atoms with Crippen molar-refractivity contribution in [3.8, 4) is 0 Å². The summed E-state index contributed by atoms with van der Waals surface area (Å²) in [7, 11) is 0. The van der Waals surface area contributed by atoms with Gasteiger partial charge in [-0.2, -0.15) is 0 Å². The Kier molecular flexibility index (Phi) is 5.81. The standard InChI is InChI=1S/C20H30N4O2/c1-12-5-2-3-8-16(12)17(23-20(22)26)11-18(25)24-19-13-6-4-7-14(19)10-15(21)9-13/h2-3,5,8,13-15,17,19H,4,6-7,9-11,21H2,1H3,(H,24,25)(H3,22,23,26). The second-order valence-electron chi connectivity index (χ2n) is 7.90. The molecule has 3 atom stereocenters. The summed E-state index contributed by atoms with van der Waals surface area (Å²) in [4.78, 5) is 24.2. The molecule has 0 radical (unpaired) electrons. The first-order valence-corrected chi connectivity index (χ1v) is 9.60. The fraction of sp³-hybridized carbons (Fsp3) is 0.600. The molecule has 3 unspecified atom stereocenters. The maximum Gasteiger partial charge on any atom is 0.312 e. The van der Waals surface area contributed by atoms with E-state index in [4.69, 9.17) is 11.5 Å². The third-order valence-corrected chi connectivity index (χ3v) is 5.97. The van der Waals surface area contributed by atoms with E-state index in [-0.39, 0.29) is 24.4 Å². The Balaban J connectivity index is 1.68. The Morgan fingerprint density at radius 3 is 2.46 bits per heavy atom. The average molecular weight is 358 g/mol. The number of aryl methyl sites for hydroxylation is 1. The van der Waals surface area contributed by atoms with Gasteiger partial charge in [0.05, 0.1) is 12.5 Å². The zero-order valence-electron chi connectivity index (χ0n) is 15.4. The van der Waals surface area contributed by atoms with Crippen molar-refractivity contribution in [3.63, 3.8) is 0 Å². The number of hydrogen-bond donors (Lipinski definition) is 4. The first-order valence-electron chi connectivity index (χ1n) is 9.60. The summed E-state index contributed by atoms with van der Waals surface area (Å²) in [5.41, 5.74) is 13.5. The minimum Gasteiger partial charge on any atom is -0.353 e. The summed E-state index contributed by atoms with van der Waals surface area (Å²) in [6, 6.07) is 7.17. The van der Waals surface area contributed by atoms with Gasteiger partial charge in [0.25, 0.3) is 0 Å². The molecule has 26 heavy (non-hydrogen) atoms. The number of nitrogens with two attached hydrogens (primary N) is 2. The molecule has 1 aromatic carbocycles. The van der Waals surface area contributed by atoms with E-state index < -0.39 is 12.1 Å². The summed E-state index contributed by atoms with van der Waals surface area (Å²) in [5, 5.41) is 5.97. The maximum atomic E-state index is 12.8. The first-order chi connectivity index (χ1) is 12.4. The minimum atomic E-state index is -0.619. The molecule has 6 N–H and O–H groups in total. The van der Waals surface area contributed by atoms with Crippen molar-refractivity contribution in [1.29, 1.82) is 0 Å². The van der Waals surface area contributed by atoms with Crippen LogP contribution in [0.15, 0.2) is 24.3 Å². The predicted octanol–water partition coefficient (Wildman–Crippen LogP) is 2.12. The number of benzene rings is 1. The van der Waals surface area contributed by atoms with Gasteiger partial charge in [-0.15, -0.1) is 0 Å². The number of fused-ring (bicyclic) bond motifs is 2. The van der Waals surface area contributed by atoms with Gasteiger partial charge < -0.3 is 22.1 Å². The third kappa shape index (κ3) is 4.36. The second-order valence-corrected chi connectivity index (χ2v) is 7.90. The van der Waals surface area contributed by atoms with Crippen LogP contribution in [0, 0.1) is 18.8 Å². The van der Waals surface area contributed by atoms with Gasteiger partial charge in [0.1, 0.15) is 0 Å². The molecule has 2 saturated carbocycles. The van der Waals surface area contributed by atoms with Crippen molar-refractivity contribution in [1.82, 2.24) is 10.6 Å². The van der Waals surface area contributed by atoms with Gasteiger partial charge in [0.2, 0.25) is 5.91 Å². The summed E-state index contributed by atoms with van der Waals surface area (Å²) in [6.45, 7) is 1.97. The summed E-state index contributed by atoms with van der Waals surface area (Å²) in [6.07, 6.45) is 5.66. The quantitative estimate of drug-likeness (QED) is 0.647. The van der Waals surface area contributed by atoms with E-state index in [1.807, 2.05) is 31.2 Å². The van der Waals surface area contributed by atoms with Gasteiger partial charge in [-0.05, 0) is 55.6 Å². The van der Waals surface area contributed by atoms with Crippen molar-refractivity contribution in [2.45, 2.75) is 63.6 Å². The van der Waals surface area contributed by atoms with Crippen LogP contribution in [-0.4, -0.2) is 24.0 Å². The van der Waals surface area contributed by atoms with E-state index in [0.29, 0.717) is 11.8 Å². The molecular formula is C20H30N4O2. The zero-order valence-corrected chi connectivity index (χ0v) is 15.4. The second kappa shape index (κ2) is 8.08. The number of urea groups is 1. The molecule has 0 saturated heterocycles. The molecule has 6 heteroatoms. The lowest BCUT2D eigenvalue weighted by molar-refractivity contribution is -0.123. The van der Waals surface area contributed by atoms with Crippen LogP contribution < -0.4 is 22.1 Å². The molecule has 2 bridgehead atoms. The lowest BCUT2D eigenvalue weighted by Crippen LogP contribution is -2.54. The smallest absolute Gasteiger partial charge is 0.312 e. The number of carbonyl (C=O) groups is 2. The number of rotatable bonds is 5. The monoisotopic (exact) mass is 358 g/mol. The maximum absolute atomic E-state index is 12.8. The number of nitrogens with one attached hydrogen (secondary N) is 2. The van der Waals surface area contributed by atoms with E-state index in [9.17, 15) is 9.59 Å². The van der Waals surface area contributed by atoms with Gasteiger partial charge in [0.15, 0.2) is 0 Å². The zero-order chi connectivity index (χ0) is 18.7. The molecule has 2 aliphatic carbocycles. The van der Waals surface area contributed by atoms with Crippen molar-refractivity contribution in [2.75, 3.05) is 0 Å². The van der Waals surface area contributed by atoms with E-state index in [0.717, 1.165) is 36.8 Å². The van der Waals surface area contributed by atoms with Gasteiger partial charge in [-0.3, -0.25) is 4.79 Å². The molecule has 142 valence electrons. The van der Waals surface area contributed by atoms with Gasteiger partial charge in [-0.25, -0.2) is 4.79 Å². The summed E-state index contributed by atoms with van der Waals surface area (Å²) in [5.74, 6) is 0.911. The Labute approximate surface area is 155 Å². The van der Waals surface area contributed by atoms with Crippen molar-refractivity contribution >= 4 is 11.9 Å². The van der Waals surface area contributed by atoms with Crippen LogP contribution in [0.25, 0.3) is 0 Å². The topological polar surface area (TPSA) is 110 Å². The Morgan fingerprint density at radius 1 is 1.19 bits per heavy atom. The Morgan fingerprint density at radius 2 is 1.85 bits per heavy atom. The van der Waals surface area contributed by atoms with E-state index in [2.05, 4.69) is 10.6 Å². The van der Waals surface area contributed by atoms with Crippen LogP contribution in [0.2, 0.25) is 0 Å². The lowest BCUT2D eigenvalue weighted by atomic mass is 9.67. The highest BCUT2D eigenvalue weighted by Gasteiger charge is 2.40. The Bertz CT molecular complexity index is 649. The predicted molar refractivity (Wildman–Crippen MR) is 101 cm³/mol. The Hall–Kier alpha value is -2.08. The normalized spacial score (nSPS) is 28.8. The van der Waals surface area contributed by atoms with Crippen LogP contribution >= 0.6 is 0 Å². The molecule has 0 spiro atoms. The number of primary amides is 1. The average Bonchev–Trinajstić information content (AvgIpc) is 2.55. The molecule has 2 aliphatic rings. The van der Waals surface area contributed by atoms with E-state index >= 15 is 0 Å². The van der Waals surface area contributed by atoms with Crippen LogP contribution in [-0.2, 0) is 4.79 Å². The highest BCUT2D eigenvalue weighted by atomic mass is 16.2. The van der Waals surface area contributed by atoms with Crippen LogP contribution in [0.1, 0.15) is 55.7 Å². The fourth-order valence-corrected chi connectivity index (χ4v) is 4.84. The first kappa shape index (κ1) is 18.7. The number of hydrogen-bond acceptors (Lipinski definition) is 3. The van der Waals surface area contributed by atoms with E-state index in [1.165, 1.54) is 6.42 Å². The van der Waals surface area contributed by atoms with Gasteiger partial charge in [0, 0.05) is 12.1 Å². The molecule has 1 aromatic rings. The molecule has 0 aliphatic heterocycles. The third-order valence-electron chi connectivity index (χ3n) is 5.97. The molecule has 2 fully saturated rings. The summed E-state index contributed by atoms with van der Waals surface area (Å²) < 4.78 is 0. The highest BCUT2D eigenvalue weighted by Crippen LogP contribution is 2.39. The molecular weight excluding hydrogens is 328 g/mol. The number of carbonyl (C=O) groups excluding carboxylic acids is 2. The molecule has 0 heterocycles. The van der Waals surface area contributed by atoms with E-state index in [1.54, 1.807) is 0 Å². The lowest BCUT2D eigenvalue weighted by Gasteiger charge is -2.45. The van der Waals surface area contributed by atoms with Crippen molar-refractivity contribution in [3.05, 3.63) is 35.4 Å². The molecule has 0 aromatic heterocycles. The fourth-order valence-electron chi connectivity index (χ4n) is 4.84.